The Morgan fingerprint density at radius 2 is 1.88 bits per heavy atom. The number of quaternary nitrogens is 1. The van der Waals surface area contributed by atoms with Gasteiger partial charge < -0.3 is 4.90 Å². The number of rotatable bonds is 4. The zero-order valence-electron chi connectivity index (χ0n) is 14.4. The third-order valence-corrected chi connectivity index (χ3v) is 5.00. The highest BCUT2D eigenvalue weighted by Gasteiger charge is 2.19. The van der Waals surface area contributed by atoms with Gasteiger partial charge in [0.25, 0.3) is 0 Å². The maximum atomic E-state index is 6.17. The van der Waals surface area contributed by atoms with Crippen LogP contribution in [0.4, 0.5) is 0 Å². The first-order valence-electron chi connectivity index (χ1n) is 8.55. The Hall–Kier alpha value is -1.84. The topological polar surface area (TPSA) is 20.0 Å². The van der Waals surface area contributed by atoms with E-state index < -0.39 is 0 Å². The third-order valence-electron chi connectivity index (χ3n) is 4.65. The molecule has 0 radical (unpaired) electrons. The summed E-state index contributed by atoms with van der Waals surface area (Å²) >= 11 is 6.17. The van der Waals surface area contributed by atoms with Crippen molar-refractivity contribution in [3.63, 3.8) is 0 Å². The first-order chi connectivity index (χ1) is 11.6. The molecule has 2 aromatic rings. The molecule has 3 nitrogen and oxygen atoms in total. The number of hydrogen-bond acceptors (Lipinski definition) is 2. The van der Waals surface area contributed by atoms with Crippen molar-refractivity contribution >= 4 is 17.8 Å². The second kappa shape index (κ2) is 7.82. The molecule has 1 aliphatic rings. The van der Waals surface area contributed by atoms with Gasteiger partial charge in [-0.25, -0.2) is 0 Å². The molecule has 1 saturated heterocycles. The summed E-state index contributed by atoms with van der Waals surface area (Å²) in [6.45, 7) is 9.68. The standard InChI is InChI=1S/C20H24ClN3/c1-16-7-8-19(17(2)13-16)15-23-9-11-24(12-10-23)22-14-18-5-3-4-6-20(18)21/h3-8,13-14H,9-12,15H2,1-2H3/p+1/b22-14-. The van der Waals surface area contributed by atoms with Crippen LogP contribution < -0.4 is 4.90 Å². The Bertz CT molecular complexity index is 719. The van der Waals surface area contributed by atoms with Crippen molar-refractivity contribution in [3.05, 3.63) is 69.7 Å². The number of hydrogen-bond donors (Lipinski definition) is 1. The third kappa shape index (κ3) is 4.37. The second-order valence-electron chi connectivity index (χ2n) is 6.58. The summed E-state index contributed by atoms with van der Waals surface area (Å²) in [5.74, 6) is 0. The van der Waals surface area contributed by atoms with Crippen molar-refractivity contribution in [1.82, 2.24) is 5.01 Å². The number of nitrogens with zero attached hydrogens (tertiary/aromatic N) is 2. The van der Waals surface area contributed by atoms with E-state index in [1.165, 1.54) is 16.7 Å². The maximum absolute atomic E-state index is 6.17. The average Bonchev–Trinajstić information content (AvgIpc) is 2.58. The minimum atomic E-state index is 0.750. The van der Waals surface area contributed by atoms with Gasteiger partial charge in [0.15, 0.2) is 0 Å². The lowest BCUT2D eigenvalue weighted by Gasteiger charge is -2.30. The highest BCUT2D eigenvalue weighted by molar-refractivity contribution is 6.33. The van der Waals surface area contributed by atoms with Crippen molar-refractivity contribution in [2.24, 2.45) is 5.10 Å². The van der Waals surface area contributed by atoms with E-state index in [2.05, 4.69) is 42.2 Å². The number of piperazine rings is 1. The molecule has 1 N–H and O–H groups in total. The van der Waals surface area contributed by atoms with Gasteiger partial charge in [-0.15, -0.1) is 0 Å². The second-order valence-corrected chi connectivity index (χ2v) is 6.98. The van der Waals surface area contributed by atoms with Gasteiger partial charge in [0.2, 0.25) is 0 Å². The van der Waals surface area contributed by atoms with Gasteiger partial charge in [0.1, 0.15) is 6.54 Å². The van der Waals surface area contributed by atoms with Crippen LogP contribution in [0.5, 0.6) is 0 Å². The summed E-state index contributed by atoms with van der Waals surface area (Å²) in [5.41, 5.74) is 5.18. The molecule has 0 amide bonds. The summed E-state index contributed by atoms with van der Waals surface area (Å²) in [4.78, 5) is 1.63. The fourth-order valence-corrected chi connectivity index (χ4v) is 3.33. The van der Waals surface area contributed by atoms with Gasteiger partial charge in [-0.1, -0.05) is 53.6 Å². The predicted molar refractivity (Wildman–Crippen MR) is 101 cm³/mol. The smallest absolute Gasteiger partial charge is 0.103 e. The molecule has 24 heavy (non-hydrogen) atoms. The van der Waals surface area contributed by atoms with Gasteiger partial charge in [-0.2, -0.15) is 5.10 Å². The molecular weight excluding hydrogens is 318 g/mol. The molecule has 1 fully saturated rings. The quantitative estimate of drug-likeness (QED) is 0.847. The number of halogens is 1. The lowest BCUT2D eigenvalue weighted by molar-refractivity contribution is -0.918. The van der Waals surface area contributed by atoms with E-state index in [0.29, 0.717) is 0 Å². The summed E-state index contributed by atoms with van der Waals surface area (Å²) < 4.78 is 0. The van der Waals surface area contributed by atoms with Crippen LogP contribution in [-0.4, -0.2) is 37.4 Å². The van der Waals surface area contributed by atoms with E-state index in [0.717, 1.165) is 43.3 Å². The van der Waals surface area contributed by atoms with Gasteiger partial charge in [-0.3, -0.25) is 5.01 Å². The van der Waals surface area contributed by atoms with Gasteiger partial charge in [0, 0.05) is 16.1 Å². The van der Waals surface area contributed by atoms with E-state index in [4.69, 9.17) is 11.6 Å². The van der Waals surface area contributed by atoms with Crippen LogP contribution in [-0.2, 0) is 6.54 Å². The average molecular weight is 343 g/mol. The summed E-state index contributed by atoms with van der Waals surface area (Å²) in [6, 6.07) is 14.6. The first-order valence-corrected chi connectivity index (χ1v) is 8.93. The van der Waals surface area contributed by atoms with Gasteiger partial charge in [-0.05, 0) is 25.5 Å². The maximum Gasteiger partial charge on any atom is 0.103 e. The highest BCUT2D eigenvalue weighted by Crippen LogP contribution is 2.12. The van der Waals surface area contributed by atoms with Crippen molar-refractivity contribution in [2.45, 2.75) is 20.4 Å². The highest BCUT2D eigenvalue weighted by atomic mass is 35.5. The number of hydrazone groups is 1. The van der Waals surface area contributed by atoms with Crippen molar-refractivity contribution in [2.75, 3.05) is 26.2 Å². The Kier molecular flexibility index (Phi) is 5.54. The van der Waals surface area contributed by atoms with Crippen LogP contribution in [0.25, 0.3) is 0 Å². The molecule has 0 atom stereocenters. The summed E-state index contributed by atoms with van der Waals surface area (Å²) in [6.07, 6.45) is 1.87. The molecule has 0 aromatic heterocycles. The molecular formula is C20H25ClN3+. The first kappa shape index (κ1) is 17.0. The molecule has 4 heteroatoms. The molecule has 0 spiro atoms. The predicted octanol–water partition coefficient (Wildman–Crippen LogP) is 2.69. The van der Waals surface area contributed by atoms with E-state index >= 15 is 0 Å². The molecule has 1 heterocycles. The minimum absolute atomic E-state index is 0.750. The van der Waals surface area contributed by atoms with Crippen LogP contribution in [0, 0.1) is 13.8 Å². The Morgan fingerprint density at radius 3 is 2.58 bits per heavy atom. The van der Waals surface area contributed by atoms with Crippen LogP contribution in [0.3, 0.4) is 0 Å². The van der Waals surface area contributed by atoms with E-state index in [-0.39, 0.29) is 0 Å². The zero-order valence-corrected chi connectivity index (χ0v) is 15.2. The summed E-state index contributed by atoms with van der Waals surface area (Å²) in [5, 5.41) is 7.49. The molecule has 2 aromatic carbocycles. The van der Waals surface area contributed by atoms with Crippen LogP contribution in [0.15, 0.2) is 47.6 Å². The molecule has 0 aliphatic carbocycles. The van der Waals surface area contributed by atoms with Gasteiger partial charge >= 0.3 is 0 Å². The van der Waals surface area contributed by atoms with E-state index in [1.54, 1.807) is 4.90 Å². The number of nitrogens with one attached hydrogen (secondary N) is 1. The summed E-state index contributed by atoms with van der Waals surface area (Å²) in [7, 11) is 0. The lowest BCUT2D eigenvalue weighted by Crippen LogP contribution is -3.13. The minimum Gasteiger partial charge on any atom is -0.328 e. The van der Waals surface area contributed by atoms with Crippen molar-refractivity contribution in [3.8, 4) is 0 Å². The molecule has 3 rings (SSSR count). The lowest BCUT2D eigenvalue weighted by atomic mass is 10.1. The number of benzene rings is 2. The Morgan fingerprint density at radius 1 is 1.12 bits per heavy atom. The normalized spacial score (nSPS) is 16.0. The molecule has 1 aliphatic heterocycles. The molecule has 126 valence electrons. The van der Waals surface area contributed by atoms with E-state index in [9.17, 15) is 0 Å². The molecule has 0 saturated carbocycles. The fraction of sp³-hybridized carbons (Fsp3) is 0.350. The van der Waals surface area contributed by atoms with Crippen LogP contribution >= 0.6 is 11.6 Å². The molecule has 0 bridgehead atoms. The fourth-order valence-electron chi connectivity index (χ4n) is 3.14. The monoisotopic (exact) mass is 342 g/mol. The zero-order chi connectivity index (χ0) is 16.9. The van der Waals surface area contributed by atoms with Crippen LogP contribution in [0.2, 0.25) is 5.02 Å². The van der Waals surface area contributed by atoms with Crippen molar-refractivity contribution in [1.29, 1.82) is 0 Å². The molecule has 0 unspecified atom stereocenters. The Balaban J connectivity index is 1.53. The van der Waals surface area contributed by atoms with Crippen LogP contribution in [0.1, 0.15) is 22.3 Å². The SMILES string of the molecule is Cc1ccc(C[NH+]2CCN(/N=C\c3ccccc3Cl)CC2)c(C)c1. The van der Waals surface area contributed by atoms with Crippen molar-refractivity contribution < 1.29 is 4.90 Å². The Labute approximate surface area is 149 Å². The van der Waals surface area contributed by atoms with E-state index in [1.807, 2.05) is 30.5 Å². The number of aryl methyl sites for hydroxylation is 2. The van der Waals surface area contributed by atoms with Gasteiger partial charge in [0.05, 0.1) is 32.4 Å². The largest absolute Gasteiger partial charge is 0.328 e.